The maximum atomic E-state index is 13.4. The summed E-state index contributed by atoms with van der Waals surface area (Å²) in [4.78, 5) is 12.8. The number of fused-ring (bicyclic) bond motifs is 1. The molecular weight excluding hydrogens is 412 g/mol. The number of allylic oxidation sites excluding steroid dienone is 1. The first-order valence-electron chi connectivity index (χ1n) is 9.77. The van der Waals surface area contributed by atoms with Crippen molar-refractivity contribution in [2.24, 2.45) is 0 Å². The Morgan fingerprint density at radius 3 is 2.29 bits per heavy atom. The predicted molar refractivity (Wildman–Crippen MR) is 120 cm³/mol. The lowest BCUT2D eigenvalue weighted by molar-refractivity contribution is 0.104. The van der Waals surface area contributed by atoms with Gasteiger partial charge in [-0.3, -0.25) is 9.10 Å². The molecule has 0 radical (unpaired) electrons. The number of benzene rings is 3. The van der Waals surface area contributed by atoms with E-state index in [0.29, 0.717) is 17.8 Å². The Kier molecular flexibility index (Phi) is 5.77. The average molecular weight is 435 g/mol. The van der Waals surface area contributed by atoms with Gasteiger partial charge in [-0.2, -0.15) is 0 Å². The van der Waals surface area contributed by atoms with E-state index in [1.54, 1.807) is 31.4 Å². The first-order valence-corrected chi connectivity index (χ1v) is 11.2. The minimum atomic E-state index is -4.03. The monoisotopic (exact) mass is 434 g/mol. The van der Waals surface area contributed by atoms with E-state index in [1.165, 1.54) is 10.5 Å². The van der Waals surface area contributed by atoms with Gasteiger partial charge in [-0.05, 0) is 35.4 Å². The maximum absolute atomic E-state index is 13.4. The number of rotatable bonds is 6. The van der Waals surface area contributed by atoms with Crippen LogP contribution in [0.2, 0.25) is 0 Å². The average Bonchev–Trinajstić information content (AvgIpc) is 2.80. The van der Waals surface area contributed by atoms with Gasteiger partial charge in [0.25, 0.3) is 10.0 Å². The molecule has 1 N–H and O–H groups in total. The van der Waals surface area contributed by atoms with E-state index < -0.39 is 15.8 Å². The third-order valence-corrected chi connectivity index (χ3v) is 6.84. The van der Waals surface area contributed by atoms with E-state index in [1.807, 2.05) is 54.6 Å². The van der Waals surface area contributed by atoms with Crippen LogP contribution in [-0.4, -0.2) is 21.3 Å². The number of para-hydroxylation sites is 1. The Morgan fingerprint density at radius 1 is 0.903 bits per heavy atom. The van der Waals surface area contributed by atoms with Crippen molar-refractivity contribution in [3.8, 4) is 5.75 Å². The highest BCUT2D eigenvalue weighted by molar-refractivity contribution is 7.97. The summed E-state index contributed by atoms with van der Waals surface area (Å²) in [5.74, 6) is 0.224. The number of Topliss-reactive ketones (excluding diaryl/α,β-unsaturated/α-hetero) is 1. The van der Waals surface area contributed by atoms with Gasteiger partial charge in [0.15, 0.2) is 4.91 Å². The summed E-state index contributed by atoms with van der Waals surface area (Å²) in [6.45, 7) is 0.514. The molecule has 0 aromatic heterocycles. The lowest BCUT2D eigenvalue weighted by atomic mass is 10.1. The molecular formula is C24H22N2O4S. The van der Waals surface area contributed by atoms with Crippen molar-refractivity contribution in [1.82, 2.24) is 5.32 Å². The molecule has 0 bridgehead atoms. The highest BCUT2D eigenvalue weighted by Gasteiger charge is 2.39. The lowest BCUT2D eigenvalue weighted by Crippen LogP contribution is -2.39. The molecule has 31 heavy (non-hydrogen) atoms. The number of hydrogen-bond acceptors (Lipinski definition) is 5. The molecule has 0 atom stereocenters. The van der Waals surface area contributed by atoms with Crippen LogP contribution >= 0.6 is 0 Å². The molecule has 3 aromatic rings. The van der Waals surface area contributed by atoms with Crippen LogP contribution in [0.25, 0.3) is 0 Å². The molecule has 0 unspecified atom stereocenters. The zero-order valence-electron chi connectivity index (χ0n) is 17.0. The Labute approximate surface area is 181 Å². The second-order valence-corrected chi connectivity index (χ2v) is 8.91. The predicted octanol–water partition coefficient (Wildman–Crippen LogP) is 3.86. The number of carbonyl (C=O) groups excluding carboxylic acids is 1. The quantitative estimate of drug-likeness (QED) is 0.597. The highest BCUT2D eigenvalue weighted by Crippen LogP contribution is 2.35. The SMILES string of the molecule is COc1ccc(CN/C=C2\C(=O)c3ccccc3N(Cc3ccccc3)S2(=O)=O)cc1. The fourth-order valence-corrected chi connectivity index (χ4v) is 5.00. The van der Waals surface area contributed by atoms with Gasteiger partial charge in [-0.25, -0.2) is 8.42 Å². The summed E-state index contributed by atoms with van der Waals surface area (Å²) in [6, 6.07) is 23.5. The fraction of sp³-hybridized carbons (Fsp3) is 0.125. The Balaban J connectivity index is 1.65. The molecule has 6 nitrogen and oxygen atoms in total. The molecule has 0 spiro atoms. The van der Waals surface area contributed by atoms with Crippen molar-refractivity contribution in [3.05, 3.63) is 107 Å². The van der Waals surface area contributed by atoms with Crippen LogP contribution < -0.4 is 14.4 Å². The standard InChI is InChI=1S/C24H22N2O4S/c1-30-20-13-11-18(12-14-20)15-25-16-23-24(27)21-9-5-6-10-22(21)26(31(23,28)29)17-19-7-3-2-4-8-19/h2-14,16,25H,15,17H2,1H3/b23-16+. The second kappa shape index (κ2) is 8.65. The molecule has 1 aliphatic rings. The summed E-state index contributed by atoms with van der Waals surface area (Å²) in [5.41, 5.74) is 2.52. The van der Waals surface area contributed by atoms with Gasteiger partial charge in [0.2, 0.25) is 5.78 Å². The molecule has 4 rings (SSSR count). The lowest BCUT2D eigenvalue weighted by Gasteiger charge is -2.31. The third kappa shape index (κ3) is 4.18. The van der Waals surface area contributed by atoms with Crippen molar-refractivity contribution in [2.75, 3.05) is 11.4 Å². The summed E-state index contributed by atoms with van der Waals surface area (Å²) < 4.78 is 33.2. The topological polar surface area (TPSA) is 75.7 Å². The zero-order chi connectivity index (χ0) is 21.8. The van der Waals surface area contributed by atoms with Gasteiger partial charge in [0.1, 0.15) is 5.75 Å². The zero-order valence-corrected chi connectivity index (χ0v) is 17.8. The summed E-state index contributed by atoms with van der Waals surface area (Å²) in [6.07, 6.45) is 1.30. The van der Waals surface area contributed by atoms with Gasteiger partial charge in [-0.1, -0.05) is 54.6 Å². The van der Waals surface area contributed by atoms with E-state index in [-0.39, 0.29) is 11.4 Å². The first-order chi connectivity index (χ1) is 15.0. The van der Waals surface area contributed by atoms with Crippen LogP contribution in [0.3, 0.4) is 0 Å². The molecule has 0 amide bonds. The highest BCUT2D eigenvalue weighted by atomic mass is 32.2. The number of methoxy groups -OCH3 is 1. The summed E-state index contributed by atoms with van der Waals surface area (Å²) in [7, 11) is -2.43. The Hall–Kier alpha value is -3.58. The molecule has 3 aromatic carbocycles. The Bertz CT molecular complexity index is 1220. The largest absolute Gasteiger partial charge is 0.497 e. The second-order valence-electron chi connectivity index (χ2n) is 7.08. The Morgan fingerprint density at radius 2 is 1.58 bits per heavy atom. The number of sulfonamides is 1. The van der Waals surface area contributed by atoms with Gasteiger partial charge in [0.05, 0.1) is 19.3 Å². The molecule has 0 aliphatic carbocycles. The number of anilines is 1. The third-order valence-electron chi connectivity index (χ3n) is 5.08. The van der Waals surface area contributed by atoms with Crippen molar-refractivity contribution in [3.63, 3.8) is 0 Å². The molecule has 158 valence electrons. The van der Waals surface area contributed by atoms with E-state index in [2.05, 4.69) is 5.32 Å². The summed E-state index contributed by atoms with van der Waals surface area (Å²) >= 11 is 0. The van der Waals surface area contributed by atoms with Crippen molar-refractivity contribution in [1.29, 1.82) is 0 Å². The van der Waals surface area contributed by atoms with Crippen molar-refractivity contribution >= 4 is 21.5 Å². The number of ether oxygens (including phenoxy) is 1. The van der Waals surface area contributed by atoms with Crippen LogP contribution in [0.4, 0.5) is 5.69 Å². The van der Waals surface area contributed by atoms with E-state index in [4.69, 9.17) is 4.74 Å². The van der Waals surface area contributed by atoms with Gasteiger partial charge < -0.3 is 10.1 Å². The molecule has 0 fully saturated rings. The van der Waals surface area contributed by atoms with Crippen LogP contribution in [0.15, 0.2) is 90.0 Å². The van der Waals surface area contributed by atoms with E-state index in [9.17, 15) is 13.2 Å². The molecule has 7 heteroatoms. The van der Waals surface area contributed by atoms with Crippen LogP contribution in [0, 0.1) is 0 Å². The van der Waals surface area contributed by atoms with Crippen LogP contribution in [0.1, 0.15) is 21.5 Å². The van der Waals surface area contributed by atoms with Gasteiger partial charge in [-0.15, -0.1) is 0 Å². The van der Waals surface area contributed by atoms with Crippen molar-refractivity contribution < 1.29 is 17.9 Å². The van der Waals surface area contributed by atoms with E-state index in [0.717, 1.165) is 16.9 Å². The molecule has 0 saturated heterocycles. The van der Waals surface area contributed by atoms with Crippen LogP contribution in [-0.2, 0) is 23.1 Å². The van der Waals surface area contributed by atoms with Gasteiger partial charge >= 0.3 is 0 Å². The maximum Gasteiger partial charge on any atom is 0.270 e. The van der Waals surface area contributed by atoms with Crippen molar-refractivity contribution in [2.45, 2.75) is 13.1 Å². The molecule has 0 saturated carbocycles. The number of nitrogens with zero attached hydrogens (tertiary/aromatic N) is 1. The number of hydrogen-bond donors (Lipinski definition) is 1. The van der Waals surface area contributed by atoms with Gasteiger partial charge in [0, 0.05) is 18.3 Å². The number of ketones is 1. The summed E-state index contributed by atoms with van der Waals surface area (Å²) in [5, 5.41) is 2.98. The fourth-order valence-electron chi connectivity index (χ4n) is 3.45. The number of carbonyl (C=O) groups is 1. The smallest absolute Gasteiger partial charge is 0.270 e. The van der Waals surface area contributed by atoms with E-state index >= 15 is 0 Å². The first kappa shape index (κ1) is 20.7. The minimum absolute atomic E-state index is 0.142. The molecule has 1 heterocycles. The minimum Gasteiger partial charge on any atom is -0.497 e. The van der Waals surface area contributed by atoms with Crippen LogP contribution in [0.5, 0.6) is 5.75 Å². The number of nitrogens with one attached hydrogen (secondary N) is 1. The normalized spacial score (nSPS) is 16.1. The molecule has 1 aliphatic heterocycles.